The Morgan fingerprint density at radius 3 is 1.74 bits per heavy atom. The van der Waals surface area contributed by atoms with Crippen LogP contribution in [-0.4, -0.2) is 74.3 Å². The number of fused-ring (bicyclic) bond motifs is 2. The van der Waals surface area contributed by atoms with Crippen LogP contribution in [0.2, 0.25) is 0 Å². The summed E-state index contributed by atoms with van der Waals surface area (Å²) < 4.78 is 52.8. The number of aromatic hydroxyl groups is 2. The number of nitrogens with two attached hydrogens (primary N) is 1. The second-order valence-corrected chi connectivity index (χ2v) is 15.4. The number of carbonyl (C=O) groups excluding carboxylic acids is 1. The highest BCUT2D eigenvalue weighted by Crippen LogP contribution is 2.36. The van der Waals surface area contributed by atoms with Crippen molar-refractivity contribution >= 4 is 39.3 Å². The molecule has 0 radical (unpaired) electrons. The summed E-state index contributed by atoms with van der Waals surface area (Å²) in [6, 6.07) is 27.9. The maximum Gasteiger partial charge on any atom is 0.419 e. The van der Waals surface area contributed by atoms with Crippen LogP contribution in [0.15, 0.2) is 103 Å². The molecule has 9 rings (SSSR count). The quantitative estimate of drug-likeness (QED) is 0.120. The van der Waals surface area contributed by atoms with Crippen molar-refractivity contribution in [1.82, 2.24) is 25.3 Å². The van der Waals surface area contributed by atoms with Gasteiger partial charge in [-0.15, -0.1) is 0 Å². The number of nitrogens with one attached hydrogen (secondary N) is 1. The van der Waals surface area contributed by atoms with Gasteiger partial charge in [0.25, 0.3) is 5.91 Å². The third-order valence-electron chi connectivity index (χ3n) is 10.8. The van der Waals surface area contributed by atoms with Crippen LogP contribution >= 0.6 is 0 Å². The Bertz CT molecular complexity index is 2780. The number of hydrogen-bond acceptors (Lipinski definition) is 10. The van der Waals surface area contributed by atoms with E-state index in [1.165, 1.54) is 0 Å². The van der Waals surface area contributed by atoms with Crippen molar-refractivity contribution in [2.75, 3.05) is 36.0 Å². The van der Waals surface area contributed by atoms with Gasteiger partial charge < -0.3 is 31.1 Å². The zero-order valence-electron chi connectivity index (χ0n) is 33.3. The van der Waals surface area contributed by atoms with Crippen molar-refractivity contribution in [2.24, 2.45) is 5.73 Å². The van der Waals surface area contributed by atoms with E-state index in [1.54, 1.807) is 36.4 Å². The number of rotatable bonds is 6. The molecular weight excluding hydrogens is 789 g/mol. The lowest BCUT2D eigenvalue weighted by molar-refractivity contribution is -0.140. The van der Waals surface area contributed by atoms with Crippen LogP contribution in [0, 0.1) is 19.7 Å². The number of carbonyl (C=O) groups is 1. The molecule has 312 valence electrons. The van der Waals surface area contributed by atoms with Gasteiger partial charge in [0.2, 0.25) is 0 Å². The maximum atomic E-state index is 13.6. The molecule has 2 aliphatic rings. The maximum absolute atomic E-state index is 13.6. The highest BCUT2D eigenvalue weighted by molar-refractivity contribution is 5.95. The van der Waals surface area contributed by atoms with Gasteiger partial charge in [0.15, 0.2) is 11.6 Å². The average molecular weight is 831 g/mol. The molecule has 2 fully saturated rings. The Kier molecular flexibility index (Phi) is 11.2. The number of alkyl halides is 3. The molecule has 2 saturated heterocycles. The Hall–Kier alpha value is -6.87. The largest absolute Gasteiger partial charge is 0.507 e. The van der Waals surface area contributed by atoms with Gasteiger partial charge in [-0.3, -0.25) is 4.79 Å². The molecule has 15 heteroatoms. The van der Waals surface area contributed by atoms with E-state index in [0.29, 0.717) is 65.8 Å². The number of aromatic nitrogens is 4. The molecule has 5 aromatic carbocycles. The smallest absolute Gasteiger partial charge is 0.419 e. The number of halogens is 4. The summed E-state index contributed by atoms with van der Waals surface area (Å²) in [4.78, 5) is 35.7. The van der Waals surface area contributed by atoms with E-state index in [9.17, 15) is 32.6 Å². The molecule has 0 unspecified atom stereocenters. The van der Waals surface area contributed by atoms with Gasteiger partial charge in [-0.2, -0.15) is 13.2 Å². The average Bonchev–Trinajstić information content (AvgIpc) is 3.89. The summed E-state index contributed by atoms with van der Waals surface area (Å²) in [6.45, 7) is 6.57. The standard InChI is InChI=1S/C27H22F4N4O2.C19H20N4O/c1-15-6-8-18-22(12-15)33-24(19-4-2-3-5-23(19)36)34-25(18)35-11-10-17(14-35)32-26(37)16-7-9-21(28)20(13-16)27(29,30)31;1-12-6-7-14-16(10-12)21-18(15-4-2-3-5-17(15)24)22-19(14)23-9-8-13(20)11-23/h2-9,12-13,17,36H,10-11,14H2,1H3,(H,32,37);2-7,10,13,24H,8-9,11,20H2,1H3/t17-;13-/m11/s1. The SMILES string of the molecule is Cc1ccc2c(N3CC[C@@H](N)C3)nc(-c3ccccc3O)nc2c1.Cc1ccc2c(N3CC[C@@H](NC(=O)c4ccc(F)c(C(F)(F)F)c4)C3)nc(-c3ccccc3O)nc2c1. The van der Waals surface area contributed by atoms with Crippen LogP contribution in [0.5, 0.6) is 11.5 Å². The van der Waals surface area contributed by atoms with Crippen LogP contribution in [0.1, 0.15) is 39.9 Å². The third-order valence-corrected chi connectivity index (χ3v) is 10.8. The summed E-state index contributed by atoms with van der Waals surface area (Å²) >= 11 is 0. The highest BCUT2D eigenvalue weighted by atomic mass is 19.4. The lowest BCUT2D eigenvalue weighted by Gasteiger charge is -2.21. The normalized spacial score (nSPS) is 16.5. The fourth-order valence-electron chi connectivity index (χ4n) is 7.70. The van der Waals surface area contributed by atoms with Crippen molar-refractivity contribution in [3.05, 3.63) is 131 Å². The van der Waals surface area contributed by atoms with E-state index in [2.05, 4.69) is 38.4 Å². The molecule has 0 saturated carbocycles. The fraction of sp³-hybridized carbons (Fsp3) is 0.239. The monoisotopic (exact) mass is 830 g/mol. The van der Waals surface area contributed by atoms with E-state index in [0.717, 1.165) is 58.8 Å². The first-order chi connectivity index (χ1) is 29.2. The Labute approximate surface area is 348 Å². The topological polar surface area (TPSA) is 154 Å². The molecule has 4 heterocycles. The number of anilines is 2. The number of para-hydroxylation sites is 2. The number of phenolic OH excluding ortho intramolecular Hbond substituents is 2. The zero-order chi connectivity index (χ0) is 43.0. The summed E-state index contributed by atoms with van der Waals surface area (Å²) in [6.07, 6.45) is -3.41. The number of nitrogens with zero attached hydrogens (tertiary/aromatic N) is 6. The Balaban J connectivity index is 0.000000184. The van der Waals surface area contributed by atoms with Crippen LogP contribution < -0.4 is 20.9 Å². The number of aryl methyl sites for hydroxylation is 2. The van der Waals surface area contributed by atoms with Crippen molar-refractivity contribution in [3.8, 4) is 34.3 Å². The molecule has 7 aromatic rings. The second kappa shape index (κ2) is 16.6. The highest BCUT2D eigenvalue weighted by Gasteiger charge is 2.35. The van der Waals surface area contributed by atoms with Crippen LogP contribution in [0.4, 0.5) is 29.2 Å². The first kappa shape index (κ1) is 40.9. The van der Waals surface area contributed by atoms with Gasteiger partial charge in [-0.1, -0.05) is 36.4 Å². The molecule has 1 amide bonds. The molecule has 2 atom stereocenters. The van der Waals surface area contributed by atoms with Gasteiger partial charge in [0, 0.05) is 54.6 Å². The number of hydrogen-bond donors (Lipinski definition) is 4. The summed E-state index contributed by atoms with van der Waals surface area (Å²) in [5, 5.41) is 25.1. The summed E-state index contributed by atoms with van der Waals surface area (Å²) in [5.41, 5.74) is 9.19. The third kappa shape index (κ3) is 8.73. The lowest BCUT2D eigenvalue weighted by Crippen LogP contribution is -2.37. The molecule has 11 nitrogen and oxygen atoms in total. The number of amides is 1. The minimum Gasteiger partial charge on any atom is -0.507 e. The van der Waals surface area contributed by atoms with Crippen molar-refractivity contribution in [1.29, 1.82) is 0 Å². The van der Waals surface area contributed by atoms with Crippen molar-refractivity contribution < 1.29 is 32.6 Å². The molecule has 0 spiro atoms. The Morgan fingerprint density at radius 2 is 1.23 bits per heavy atom. The zero-order valence-corrected chi connectivity index (χ0v) is 33.3. The van der Waals surface area contributed by atoms with Gasteiger partial charge in [-0.25, -0.2) is 24.3 Å². The lowest BCUT2D eigenvalue weighted by atomic mass is 10.1. The van der Waals surface area contributed by atoms with Crippen molar-refractivity contribution in [3.63, 3.8) is 0 Å². The van der Waals surface area contributed by atoms with E-state index in [1.807, 2.05) is 49.1 Å². The first-order valence-corrected chi connectivity index (χ1v) is 19.8. The fourth-order valence-corrected chi connectivity index (χ4v) is 7.70. The first-order valence-electron chi connectivity index (χ1n) is 19.8. The van der Waals surface area contributed by atoms with E-state index in [-0.39, 0.29) is 29.1 Å². The van der Waals surface area contributed by atoms with Crippen LogP contribution in [0.25, 0.3) is 44.6 Å². The van der Waals surface area contributed by atoms with Gasteiger partial charge in [0.05, 0.1) is 27.7 Å². The summed E-state index contributed by atoms with van der Waals surface area (Å²) in [7, 11) is 0. The second-order valence-electron chi connectivity index (χ2n) is 15.4. The molecule has 0 aliphatic carbocycles. The number of benzene rings is 5. The van der Waals surface area contributed by atoms with Gasteiger partial charge in [-0.05, 0) is 105 Å². The van der Waals surface area contributed by atoms with Gasteiger partial charge >= 0.3 is 6.18 Å². The molecule has 0 bridgehead atoms. The van der Waals surface area contributed by atoms with Gasteiger partial charge in [0.1, 0.15) is 29.0 Å². The molecule has 2 aliphatic heterocycles. The van der Waals surface area contributed by atoms with Crippen LogP contribution in [-0.2, 0) is 6.18 Å². The predicted molar refractivity (Wildman–Crippen MR) is 227 cm³/mol. The molecule has 61 heavy (non-hydrogen) atoms. The van der Waals surface area contributed by atoms with E-state index < -0.39 is 23.5 Å². The predicted octanol–water partition coefficient (Wildman–Crippen LogP) is 8.33. The Morgan fingerprint density at radius 1 is 0.705 bits per heavy atom. The molecule has 5 N–H and O–H groups in total. The molecule has 2 aromatic heterocycles. The number of phenols is 2. The van der Waals surface area contributed by atoms with E-state index >= 15 is 0 Å². The molecular formula is C46H42F4N8O3. The minimum absolute atomic E-state index is 0.0459. The van der Waals surface area contributed by atoms with E-state index in [4.69, 9.17) is 15.7 Å². The summed E-state index contributed by atoms with van der Waals surface area (Å²) in [5.74, 6) is 0.509. The van der Waals surface area contributed by atoms with Crippen molar-refractivity contribution in [2.45, 2.75) is 44.9 Å². The van der Waals surface area contributed by atoms with Crippen LogP contribution in [0.3, 0.4) is 0 Å². The minimum atomic E-state index is -4.90.